The van der Waals surface area contributed by atoms with Gasteiger partial charge in [-0.1, -0.05) is 30.3 Å². The summed E-state index contributed by atoms with van der Waals surface area (Å²) in [7, 11) is 0. The van der Waals surface area contributed by atoms with Crippen molar-refractivity contribution in [2.24, 2.45) is 0 Å². The predicted molar refractivity (Wildman–Crippen MR) is 62.2 cm³/mol. The maximum absolute atomic E-state index is 11.1. The molecule has 0 aliphatic rings. The molecule has 1 aromatic carbocycles. The third kappa shape index (κ3) is 4.26. The first-order valence-corrected chi connectivity index (χ1v) is 5.40. The van der Waals surface area contributed by atoms with Gasteiger partial charge >= 0.3 is 11.9 Å². The van der Waals surface area contributed by atoms with E-state index in [9.17, 15) is 9.59 Å². The molecule has 0 saturated carbocycles. The predicted octanol–water partition coefficient (Wildman–Crippen LogP) is 2.24. The van der Waals surface area contributed by atoms with Crippen LogP contribution in [0.3, 0.4) is 0 Å². The van der Waals surface area contributed by atoms with E-state index in [2.05, 4.69) is 0 Å². The molecule has 92 valence electrons. The zero-order chi connectivity index (χ0) is 12.8. The van der Waals surface area contributed by atoms with E-state index in [1.54, 1.807) is 6.92 Å². The standard InChI is InChI=1S/C13H16O4/c1-9(16-10(2)14)13(17-11(3)15)12-7-5-4-6-8-12/h4-9,13H,1-3H3/t9-,13-/m0/s1/i4+1,5+1,6+1,7+1,8+1,12+1,13+1. The van der Waals surface area contributed by atoms with Gasteiger partial charge in [-0.15, -0.1) is 0 Å². The van der Waals surface area contributed by atoms with Crippen molar-refractivity contribution in [3.63, 3.8) is 0 Å². The highest BCUT2D eigenvalue weighted by molar-refractivity contribution is 5.67. The molecule has 4 heteroatoms. The van der Waals surface area contributed by atoms with Crippen LogP contribution in [0.15, 0.2) is 30.3 Å². The van der Waals surface area contributed by atoms with Crippen LogP contribution >= 0.6 is 0 Å². The molecule has 0 aromatic heterocycles. The Hall–Kier alpha value is -1.84. The number of carbonyl (C=O) groups excluding carboxylic acids is 2. The number of hydrogen-bond acceptors (Lipinski definition) is 4. The zero-order valence-electron chi connectivity index (χ0n) is 10.2. The number of ether oxygens (including phenoxy) is 2. The van der Waals surface area contributed by atoms with Crippen LogP contribution < -0.4 is 0 Å². The third-order valence-corrected chi connectivity index (χ3v) is 2.20. The highest BCUT2D eigenvalue weighted by atomic mass is 16.6. The summed E-state index contributed by atoms with van der Waals surface area (Å²) in [5.41, 5.74) is 0.802. The van der Waals surface area contributed by atoms with Crippen molar-refractivity contribution in [1.29, 1.82) is 0 Å². The normalized spacial score (nSPS) is 13.6. The summed E-state index contributed by atoms with van der Waals surface area (Å²) < 4.78 is 10.2. The number of carbonyl (C=O) groups is 2. The van der Waals surface area contributed by atoms with Crippen LogP contribution in [0.2, 0.25) is 0 Å². The second-order valence-corrected chi connectivity index (χ2v) is 3.76. The lowest BCUT2D eigenvalue weighted by Gasteiger charge is -2.23. The molecule has 4 nitrogen and oxygen atoms in total. The molecule has 0 aliphatic heterocycles. The molecule has 0 unspecified atom stereocenters. The van der Waals surface area contributed by atoms with Crippen molar-refractivity contribution in [1.82, 2.24) is 0 Å². The van der Waals surface area contributed by atoms with Crippen LogP contribution in [0.1, 0.15) is 32.4 Å². The molecule has 0 amide bonds. The van der Waals surface area contributed by atoms with Crippen molar-refractivity contribution in [3.8, 4) is 0 Å². The van der Waals surface area contributed by atoms with Gasteiger partial charge in [0.2, 0.25) is 0 Å². The largest absolute Gasteiger partial charge is 0.459 e. The Kier molecular flexibility index (Phi) is 4.69. The SMILES string of the molecule is CC(=O)O[C@@H](C)[13C@H](OC(C)=O)[13c]1[13cH][13cH][13cH][13cH][13cH]1. The topological polar surface area (TPSA) is 52.6 Å². The Bertz CT molecular complexity index is 386. The lowest BCUT2D eigenvalue weighted by molar-refractivity contribution is -0.164. The Morgan fingerprint density at radius 1 is 1.00 bits per heavy atom. The fraction of sp³-hybridized carbons (Fsp3) is 0.385. The average Bonchev–Trinajstić information content (AvgIpc) is 2.25. The molecule has 17 heavy (non-hydrogen) atoms. The summed E-state index contributed by atoms with van der Waals surface area (Å²) >= 11 is 0. The van der Waals surface area contributed by atoms with Gasteiger partial charge in [-0.2, -0.15) is 0 Å². The molecular weight excluding hydrogens is 227 g/mol. The monoisotopic (exact) mass is 243 g/mol. The number of hydrogen-bond donors (Lipinski definition) is 0. The van der Waals surface area contributed by atoms with Gasteiger partial charge in [0.1, 0.15) is 6.10 Å². The smallest absolute Gasteiger partial charge is 0.303 e. The first-order valence-electron chi connectivity index (χ1n) is 5.40. The quantitative estimate of drug-likeness (QED) is 0.601. The summed E-state index contributed by atoms with van der Waals surface area (Å²) in [6.45, 7) is 4.35. The van der Waals surface area contributed by atoms with E-state index >= 15 is 0 Å². The van der Waals surface area contributed by atoms with Crippen LogP contribution in [0.25, 0.3) is 0 Å². The molecule has 2 atom stereocenters. The molecule has 0 bridgehead atoms. The van der Waals surface area contributed by atoms with E-state index in [4.69, 9.17) is 9.47 Å². The van der Waals surface area contributed by atoms with E-state index in [0.717, 1.165) is 5.56 Å². The minimum atomic E-state index is -0.572. The minimum Gasteiger partial charge on any atom is -0.459 e. The van der Waals surface area contributed by atoms with Crippen LogP contribution in [-0.4, -0.2) is 18.0 Å². The molecule has 0 N–H and O–H groups in total. The van der Waals surface area contributed by atoms with Gasteiger partial charge in [0.05, 0.1) is 0 Å². The van der Waals surface area contributed by atoms with E-state index in [1.165, 1.54) is 13.8 Å². The fourth-order valence-corrected chi connectivity index (χ4v) is 1.58. The zero-order valence-corrected chi connectivity index (χ0v) is 10.2. The second kappa shape index (κ2) is 6.03. The summed E-state index contributed by atoms with van der Waals surface area (Å²) in [6, 6.07) is 9.20. The van der Waals surface area contributed by atoms with Gasteiger partial charge in [0.25, 0.3) is 0 Å². The summed E-state index contributed by atoms with van der Waals surface area (Å²) in [4.78, 5) is 22.0. The van der Waals surface area contributed by atoms with Gasteiger partial charge in [-0.3, -0.25) is 9.59 Å². The van der Waals surface area contributed by atoms with Gasteiger partial charge < -0.3 is 9.47 Å². The Morgan fingerprint density at radius 3 is 2.00 bits per heavy atom. The van der Waals surface area contributed by atoms with Crippen LogP contribution in [0.5, 0.6) is 0 Å². The van der Waals surface area contributed by atoms with Gasteiger partial charge in [0.15, 0.2) is 6.10 Å². The second-order valence-electron chi connectivity index (χ2n) is 3.76. The molecule has 0 radical (unpaired) electrons. The van der Waals surface area contributed by atoms with Crippen molar-refractivity contribution >= 4 is 11.9 Å². The van der Waals surface area contributed by atoms with Gasteiger partial charge in [-0.25, -0.2) is 0 Å². The maximum Gasteiger partial charge on any atom is 0.303 e. The first kappa shape index (κ1) is 13.2. The fourth-order valence-electron chi connectivity index (χ4n) is 1.58. The van der Waals surface area contributed by atoms with E-state index in [0.29, 0.717) is 0 Å². The molecule has 0 fully saturated rings. The van der Waals surface area contributed by atoms with Gasteiger partial charge in [0, 0.05) is 13.8 Å². The van der Waals surface area contributed by atoms with Crippen molar-refractivity contribution in [2.75, 3.05) is 0 Å². The molecule has 0 saturated heterocycles. The number of benzene rings is 1. The maximum atomic E-state index is 11.1. The van der Waals surface area contributed by atoms with Crippen LogP contribution in [-0.2, 0) is 19.1 Å². The van der Waals surface area contributed by atoms with E-state index < -0.39 is 24.1 Å². The first-order chi connectivity index (χ1) is 8.00. The molecular formula is C13H16O4. The minimum absolute atomic E-state index is 0.398. The summed E-state index contributed by atoms with van der Waals surface area (Å²) in [6.07, 6.45) is -1.09. The number of esters is 2. The lowest BCUT2D eigenvalue weighted by Crippen LogP contribution is -2.25. The van der Waals surface area contributed by atoms with Crippen molar-refractivity contribution in [2.45, 2.75) is 33.0 Å². The van der Waals surface area contributed by atoms with Crippen molar-refractivity contribution < 1.29 is 19.1 Å². The molecule has 1 aromatic rings. The Labute approximate surface area is 101 Å². The van der Waals surface area contributed by atoms with E-state index in [1.807, 2.05) is 30.3 Å². The molecule has 1 rings (SSSR count). The van der Waals surface area contributed by atoms with Crippen LogP contribution in [0.4, 0.5) is 0 Å². The molecule has 0 spiro atoms. The third-order valence-electron chi connectivity index (χ3n) is 2.20. The highest BCUT2D eigenvalue weighted by Gasteiger charge is 2.24. The van der Waals surface area contributed by atoms with Gasteiger partial charge in [-0.05, 0) is 12.5 Å². The summed E-state index contributed by atoms with van der Waals surface area (Å²) in [5, 5.41) is 0. The van der Waals surface area contributed by atoms with Crippen LogP contribution in [0, 0.1) is 0 Å². The molecule has 0 heterocycles. The van der Waals surface area contributed by atoms with E-state index in [-0.39, 0.29) is 0 Å². The molecule has 0 aliphatic carbocycles. The average molecular weight is 243 g/mol. The number of rotatable bonds is 4. The lowest BCUT2D eigenvalue weighted by atomic mass is 10.5. The Morgan fingerprint density at radius 2 is 1.53 bits per heavy atom. The van der Waals surface area contributed by atoms with Crippen molar-refractivity contribution in [3.05, 3.63) is 35.9 Å². The highest BCUT2D eigenvalue weighted by Crippen LogP contribution is 2.23. The Balaban J connectivity index is 2.87. The summed E-state index contributed by atoms with van der Waals surface area (Å²) in [5.74, 6) is -0.802.